The standard InChI is InChI=1S/C26H29N5O2/c1-17-28-15-21(22-7-5-6-12-27-22)24(30-17)19-10-8-18(9-11-19)14-29-25(33)20-13-23(32)31(16-20)26(2,3)4/h5-12,15,20H,13-14,16H2,1-4H3,(H,29,33)/t20-/m0/s1. The van der Waals surface area contributed by atoms with Gasteiger partial charge in [-0.2, -0.15) is 0 Å². The zero-order chi connectivity index (χ0) is 23.6. The molecule has 3 heterocycles. The van der Waals surface area contributed by atoms with Gasteiger partial charge in [0.15, 0.2) is 0 Å². The Kier molecular flexibility index (Phi) is 6.22. The van der Waals surface area contributed by atoms with Gasteiger partial charge in [0.1, 0.15) is 5.82 Å². The van der Waals surface area contributed by atoms with Crippen LogP contribution in [0.15, 0.2) is 54.9 Å². The van der Waals surface area contributed by atoms with Crippen molar-refractivity contribution in [1.29, 1.82) is 0 Å². The van der Waals surface area contributed by atoms with Gasteiger partial charge in [0.2, 0.25) is 11.8 Å². The second-order valence-electron chi connectivity index (χ2n) is 9.39. The fourth-order valence-corrected chi connectivity index (χ4v) is 4.04. The van der Waals surface area contributed by atoms with E-state index in [1.165, 1.54) is 0 Å². The number of nitrogens with one attached hydrogen (secondary N) is 1. The van der Waals surface area contributed by atoms with Gasteiger partial charge in [-0.25, -0.2) is 9.97 Å². The summed E-state index contributed by atoms with van der Waals surface area (Å²) < 4.78 is 0. The highest BCUT2D eigenvalue weighted by molar-refractivity contribution is 5.89. The van der Waals surface area contributed by atoms with Crippen LogP contribution in [0.2, 0.25) is 0 Å². The summed E-state index contributed by atoms with van der Waals surface area (Å²) in [6, 6.07) is 13.7. The fraction of sp³-hybridized carbons (Fsp3) is 0.346. The van der Waals surface area contributed by atoms with Gasteiger partial charge in [-0.15, -0.1) is 0 Å². The number of aryl methyl sites for hydroxylation is 1. The van der Waals surface area contributed by atoms with E-state index in [0.717, 1.165) is 28.1 Å². The minimum atomic E-state index is -0.305. The molecule has 0 spiro atoms. The summed E-state index contributed by atoms with van der Waals surface area (Å²) in [6.07, 6.45) is 3.83. The Morgan fingerprint density at radius 2 is 1.88 bits per heavy atom. The van der Waals surface area contributed by atoms with Crippen LogP contribution in [0.5, 0.6) is 0 Å². The molecule has 7 nitrogen and oxygen atoms in total. The third kappa shape index (κ3) is 5.08. The molecular weight excluding hydrogens is 414 g/mol. The molecule has 0 saturated carbocycles. The summed E-state index contributed by atoms with van der Waals surface area (Å²) in [5.74, 6) is 0.344. The first-order chi connectivity index (χ1) is 15.7. The van der Waals surface area contributed by atoms with Gasteiger partial charge in [0, 0.05) is 48.6 Å². The number of pyridine rings is 1. The Balaban J connectivity index is 1.44. The van der Waals surface area contributed by atoms with Crippen LogP contribution in [0.3, 0.4) is 0 Å². The SMILES string of the molecule is Cc1ncc(-c2ccccn2)c(-c2ccc(CNC(=O)[C@H]3CC(=O)N(C(C)(C)C)C3)cc2)n1. The molecule has 0 bridgehead atoms. The summed E-state index contributed by atoms with van der Waals surface area (Å²) in [6.45, 7) is 8.72. The van der Waals surface area contributed by atoms with Gasteiger partial charge in [-0.3, -0.25) is 14.6 Å². The highest BCUT2D eigenvalue weighted by atomic mass is 16.2. The molecule has 1 saturated heterocycles. The molecule has 1 aliphatic heterocycles. The molecule has 170 valence electrons. The average molecular weight is 444 g/mol. The van der Waals surface area contributed by atoms with Crippen LogP contribution in [0, 0.1) is 12.8 Å². The quantitative estimate of drug-likeness (QED) is 0.648. The molecule has 1 N–H and O–H groups in total. The Morgan fingerprint density at radius 3 is 2.52 bits per heavy atom. The van der Waals surface area contributed by atoms with Crippen LogP contribution >= 0.6 is 0 Å². The monoisotopic (exact) mass is 443 g/mol. The molecule has 2 amide bonds. The molecule has 4 rings (SSSR count). The van der Waals surface area contributed by atoms with Gasteiger partial charge in [-0.05, 0) is 45.4 Å². The number of carbonyl (C=O) groups is 2. The van der Waals surface area contributed by atoms with Crippen LogP contribution in [0.1, 0.15) is 38.6 Å². The van der Waals surface area contributed by atoms with E-state index in [9.17, 15) is 9.59 Å². The van der Waals surface area contributed by atoms with Gasteiger partial charge in [0.25, 0.3) is 0 Å². The zero-order valence-corrected chi connectivity index (χ0v) is 19.5. The first-order valence-electron chi connectivity index (χ1n) is 11.1. The van der Waals surface area contributed by atoms with Crippen LogP contribution in [-0.2, 0) is 16.1 Å². The average Bonchev–Trinajstić information content (AvgIpc) is 3.21. The molecule has 7 heteroatoms. The molecule has 0 aliphatic carbocycles. The van der Waals surface area contributed by atoms with E-state index < -0.39 is 0 Å². The molecular formula is C26H29N5O2. The number of benzene rings is 1. The van der Waals surface area contributed by atoms with Crippen molar-refractivity contribution in [3.63, 3.8) is 0 Å². The van der Waals surface area contributed by atoms with Crippen LogP contribution in [0.25, 0.3) is 22.5 Å². The fourth-order valence-electron chi connectivity index (χ4n) is 4.04. The molecule has 3 aromatic rings. The number of nitrogens with zero attached hydrogens (tertiary/aromatic N) is 4. The predicted octanol–water partition coefficient (Wildman–Crippen LogP) is 3.78. The van der Waals surface area contributed by atoms with Crippen molar-refractivity contribution in [2.45, 2.75) is 46.2 Å². The number of amides is 2. The normalized spacial score (nSPS) is 16.2. The predicted molar refractivity (Wildman–Crippen MR) is 127 cm³/mol. The third-order valence-corrected chi connectivity index (χ3v) is 5.85. The lowest BCUT2D eigenvalue weighted by Gasteiger charge is -2.31. The maximum absolute atomic E-state index is 12.7. The summed E-state index contributed by atoms with van der Waals surface area (Å²) in [5, 5.41) is 2.99. The first-order valence-corrected chi connectivity index (χ1v) is 11.1. The van der Waals surface area contributed by atoms with Crippen LogP contribution in [-0.4, -0.2) is 43.7 Å². The Hall–Kier alpha value is -3.61. The van der Waals surface area contributed by atoms with Gasteiger partial charge < -0.3 is 10.2 Å². The summed E-state index contributed by atoms with van der Waals surface area (Å²) in [4.78, 5) is 40.1. The Morgan fingerprint density at radius 1 is 1.12 bits per heavy atom. The number of aromatic nitrogens is 3. The summed E-state index contributed by atoms with van der Waals surface area (Å²) in [5.41, 5.74) is 4.18. The van der Waals surface area contributed by atoms with Crippen LogP contribution < -0.4 is 5.32 Å². The molecule has 2 aromatic heterocycles. The van der Waals surface area contributed by atoms with Crippen molar-refractivity contribution < 1.29 is 9.59 Å². The maximum atomic E-state index is 12.7. The van der Waals surface area contributed by atoms with Gasteiger partial charge in [-0.1, -0.05) is 30.3 Å². The largest absolute Gasteiger partial charge is 0.352 e. The Bertz CT molecular complexity index is 1150. The Labute approximate surface area is 194 Å². The minimum Gasteiger partial charge on any atom is -0.352 e. The van der Waals surface area contributed by atoms with E-state index in [2.05, 4.69) is 20.3 Å². The van der Waals surface area contributed by atoms with E-state index in [0.29, 0.717) is 18.9 Å². The summed E-state index contributed by atoms with van der Waals surface area (Å²) in [7, 11) is 0. The maximum Gasteiger partial charge on any atom is 0.225 e. The number of hydrogen-bond donors (Lipinski definition) is 1. The van der Waals surface area contributed by atoms with E-state index in [1.807, 2.05) is 70.2 Å². The van der Waals surface area contributed by atoms with Crippen LogP contribution in [0.4, 0.5) is 0 Å². The smallest absolute Gasteiger partial charge is 0.225 e. The minimum absolute atomic E-state index is 0.0378. The van der Waals surface area contributed by atoms with Crippen molar-refractivity contribution in [3.8, 4) is 22.5 Å². The molecule has 1 fully saturated rings. The topological polar surface area (TPSA) is 88.1 Å². The van der Waals surface area contributed by atoms with Gasteiger partial charge >= 0.3 is 0 Å². The second kappa shape index (κ2) is 9.10. The van der Waals surface area contributed by atoms with Crippen molar-refractivity contribution in [1.82, 2.24) is 25.2 Å². The van der Waals surface area contributed by atoms with Gasteiger partial charge in [0.05, 0.1) is 17.3 Å². The number of likely N-dealkylation sites (tertiary alicyclic amines) is 1. The van der Waals surface area contributed by atoms with Crippen molar-refractivity contribution >= 4 is 11.8 Å². The highest BCUT2D eigenvalue weighted by Gasteiger charge is 2.39. The molecule has 1 atom stereocenters. The second-order valence-corrected chi connectivity index (χ2v) is 9.39. The molecule has 0 unspecified atom stereocenters. The highest BCUT2D eigenvalue weighted by Crippen LogP contribution is 2.29. The molecule has 1 aliphatic rings. The summed E-state index contributed by atoms with van der Waals surface area (Å²) >= 11 is 0. The lowest BCUT2D eigenvalue weighted by Crippen LogP contribution is -2.43. The van der Waals surface area contributed by atoms with E-state index in [4.69, 9.17) is 0 Å². The molecule has 33 heavy (non-hydrogen) atoms. The van der Waals surface area contributed by atoms with Crippen molar-refractivity contribution in [2.75, 3.05) is 6.54 Å². The van der Waals surface area contributed by atoms with E-state index in [1.54, 1.807) is 17.3 Å². The number of hydrogen-bond acceptors (Lipinski definition) is 5. The van der Waals surface area contributed by atoms with E-state index in [-0.39, 0.29) is 29.7 Å². The van der Waals surface area contributed by atoms with E-state index >= 15 is 0 Å². The zero-order valence-electron chi connectivity index (χ0n) is 19.5. The number of carbonyl (C=O) groups excluding carboxylic acids is 2. The molecule has 0 radical (unpaired) electrons. The van der Waals surface area contributed by atoms with Crippen molar-refractivity contribution in [2.24, 2.45) is 5.92 Å². The van der Waals surface area contributed by atoms with Crippen molar-refractivity contribution in [3.05, 3.63) is 66.2 Å². The lowest BCUT2D eigenvalue weighted by molar-refractivity contribution is -0.132. The lowest BCUT2D eigenvalue weighted by atomic mass is 10.0. The number of rotatable bonds is 5. The molecule has 1 aromatic carbocycles. The third-order valence-electron chi connectivity index (χ3n) is 5.85. The first kappa shape index (κ1) is 22.6.